The summed E-state index contributed by atoms with van der Waals surface area (Å²) < 4.78 is 0. The van der Waals surface area contributed by atoms with Gasteiger partial charge in [-0.15, -0.1) is 0 Å². The number of hydrogen-bond donors (Lipinski definition) is 25. The van der Waals surface area contributed by atoms with Crippen LogP contribution in [0, 0.1) is 0 Å². The Morgan fingerprint density at radius 1 is 0.420 bits per heavy atom. The van der Waals surface area contributed by atoms with E-state index in [2.05, 4.69) is 72.8 Å². The van der Waals surface area contributed by atoms with Crippen LogP contribution in [-0.4, -0.2) is 241 Å². The molecule has 1 heterocycles. The molecule has 566 valence electrons. The zero-order chi connectivity index (χ0) is 75.4. The Bertz CT molecular complexity index is 2820. The second-order valence-corrected chi connectivity index (χ2v) is 23.5. The molecule has 11 amide bonds. The largest absolute Gasteiger partial charge is 0.480 e. The molecule has 100 heavy (non-hydrogen) atoms. The van der Waals surface area contributed by atoms with Gasteiger partial charge in [-0.05, 0) is 136 Å². The number of nitrogens with zero attached hydrogens (tertiary/aromatic N) is 6. The van der Waals surface area contributed by atoms with Gasteiger partial charge in [0.1, 0.15) is 67.0 Å². The van der Waals surface area contributed by atoms with Crippen LogP contribution in [0.4, 0.5) is 0 Å². The van der Waals surface area contributed by atoms with Gasteiger partial charge in [-0.2, -0.15) is 0 Å². The Morgan fingerprint density at radius 2 is 0.700 bits per heavy atom. The summed E-state index contributed by atoms with van der Waals surface area (Å²) in [4.78, 5) is 186. The Morgan fingerprint density at radius 3 is 0.980 bits per heavy atom. The Balaban J connectivity index is 3.89. The molecule has 43 heteroatoms. The van der Waals surface area contributed by atoms with Crippen LogP contribution in [0.3, 0.4) is 0 Å². The number of rotatable bonds is 51. The number of primary amides is 1. The minimum absolute atomic E-state index is 0.00483. The van der Waals surface area contributed by atoms with Crippen molar-refractivity contribution < 1.29 is 67.7 Å². The Labute approximate surface area is 579 Å². The van der Waals surface area contributed by atoms with Gasteiger partial charge in [0.25, 0.3) is 0 Å². The maximum atomic E-state index is 14.8. The zero-order valence-corrected chi connectivity index (χ0v) is 56.7. The number of aliphatic carboxylic acids is 1. The number of nitrogens with one attached hydrogen (secondary N) is 9. The van der Waals surface area contributed by atoms with E-state index in [4.69, 9.17) is 80.3 Å². The third kappa shape index (κ3) is 37.0. The molecular formula is C57H109N29O14. The summed E-state index contributed by atoms with van der Waals surface area (Å²) in [6.45, 7) is 0.740. The monoisotopic (exact) mass is 1420 g/mol. The molecule has 0 aliphatic carbocycles. The lowest BCUT2D eigenvalue weighted by atomic mass is 10.0. The van der Waals surface area contributed by atoms with Gasteiger partial charge in [0, 0.05) is 39.3 Å². The summed E-state index contributed by atoms with van der Waals surface area (Å²) in [5, 5.41) is 42.1. The average molecular weight is 1420 g/mol. The van der Waals surface area contributed by atoms with Gasteiger partial charge in [-0.3, -0.25) is 82.5 Å². The first kappa shape index (κ1) is 87.8. The number of carbonyl (C=O) groups is 12. The van der Waals surface area contributed by atoms with E-state index in [1.54, 1.807) is 0 Å². The molecule has 1 aliphatic heterocycles. The number of carboxylic acids is 1. The van der Waals surface area contributed by atoms with Crippen molar-refractivity contribution in [1.29, 1.82) is 0 Å². The molecule has 0 radical (unpaired) electrons. The second-order valence-electron chi connectivity index (χ2n) is 23.5. The number of nitrogens with two attached hydrogens (primary N) is 14. The molecule has 0 saturated carbocycles. The molecule has 0 unspecified atom stereocenters. The molecular weight excluding hydrogens is 1310 g/mol. The fraction of sp³-hybridized carbons (Fsp3) is 0.702. The van der Waals surface area contributed by atoms with E-state index < -0.39 is 150 Å². The van der Waals surface area contributed by atoms with E-state index in [1.165, 1.54) is 11.8 Å². The fourth-order valence-corrected chi connectivity index (χ4v) is 9.96. The average Bonchev–Trinajstić information content (AvgIpc) is 1.62. The maximum Gasteiger partial charge on any atom is 0.322 e. The predicted molar refractivity (Wildman–Crippen MR) is 370 cm³/mol. The fourth-order valence-electron chi connectivity index (χ4n) is 9.96. The van der Waals surface area contributed by atoms with Gasteiger partial charge in [0.15, 0.2) is 29.8 Å². The van der Waals surface area contributed by atoms with Crippen LogP contribution in [0.25, 0.3) is 0 Å². The standard InChI is InChI=1S/C57H109N29O14/c1-30(87)42(61)52(100)86-27-11-19-39(86)51(99)84-37(18-10-26-76-57(70)71)49(97)85-38(28-40(60)88)50(98)83-36(17-9-25-75-56(68)69)48(96)82-35(16-8-24-74-55(66)67)47(95)81-34(15-7-23-73-54(64)65)46(94)80-33(13-3-5-21-59)45(93)79-32(12-2-4-20-58)44(92)78-31(14-6-22-72-53(62)63)43(91)77-29-41(89)90/h30-39,42,87H,2-29,58-59,61H2,1H3,(H2,60,88)(H,77,91)(H,78,92)(H,79,93)(H,80,94)(H,81,95)(H,82,96)(H,83,98)(H,84,99)(H,85,97)(H,89,90)(H4,62,63,72)(H4,64,65,73)(H4,66,67,74)(H4,68,69,75)(H4,70,71,76)/t30-,31+,32+,33+,34+,35+,36+,37+,38+,39+,42+/m1/s1. The summed E-state index contributed by atoms with van der Waals surface area (Å²) in [5.74, 6) is -13.3. The molecule has 0 aromatic heterocycles. The topological polar surface area (TPSA) is 783 Å². The molecule has 1 rings (SSSR count). The molecule has 0 aromatic rings. The van der Waals surface area contributed by atoms with Crippen LogP contribution >= 0.6 is 0 Å². The molecule has 39 N–H and O–H groups in total. The predicted octanol–water partition coefficient (Wildman–Crippen LogP) is -11.8. The summed E-state index contributed by atoms with van der Waals surface area (Å²) in [6, 6.07) is -14.7. The number of aliphatic hydroxyl groups excluding tert-OH is 1. The van der Waals surface area contributed by atoms with Gasteiger partial charge in [-0.25, -0.2) is 0 Å². The highest BCUT2D eigenvalue weighted by Gasteiger charge is 2.40. The number of hydrogen-bond acceptors (Lipinski definition) is 21. The van der Waals surface area contributed by atoms with Gasteiger partial charge in [-0.1, -0.05) is 0 Å². The van der Waals surface area contributed by atoms with Crippen molar-refractivity contribution in [3.05, 3.63) is 0 Å². The van der Waals surface area contributed by atoms with Crippen molar-refractivity contribution in [1.82, 2.24) is 52.8 Å². The van der Waals surface area contributed by atoms with Gasteiger partial charge in [0.05, 0.1) is 12.5 Å². The molecule has 0 aromatic carbocycles. The third-order valence-electron chi connectivity index (χ3n) is 15.1. The highest BCUT2D eigenvalue weighted by Crippen LogP contribution is 2.20. The first-order valence-electron chi connectivity index (χ1n) is 32.8. The first-order chi connectivity index (χ1) is 47.2. The molecule has 0 spiro atoms. The van der Waals surface area contributed by atoms with Crippen LogP contribution < -0.4 is 128 Å². The SMILES string of the molecule is C[C@@H](O)[C@H](N)C(=O)N1CCC[C@H]1C(=O)N[C@@H](CCCN=C(N)N)C(=O)N[C@@H](CC(N)=O)C(=O)N[C@@H](CCCN=C(N)N)C(=O)N[C@@H](CCCN=C(N)N)C(=O)N[C@@H](CCCN=C(N)N)C(=O)N[C@@H](CCCCN)C(=O)N[C@@H](CCCCN)C(=O)N[C@@H](CCCN=C(N)N)C(=O)NCC(=O)O. The van der Waals surface area contributed by atoms with E-state index in [1.807, 2.05) is 0 Å². The Hall–Kier alpha value is -10.2. The van der Waals surface area contributed by atoms with Crippen molar-refractivity contribution in [2.24, 2.45) is 105 Å². The maximum absolute atomic E-state index is 14.8. The number of guanidine groups is 5. The normalized spacial score (nSPS) is 15.4. The molecule has 1 aliphatic rings. The molecule has 11 atom stereocenters. The molecule has 43 nitrogen and oxygen atoms in total. The number of likely N-dealkylation sites (tertiary alicyclic amines) is 1. The van der Waals surface area contributed by atoms with E-state index >= 15 is 0 Å². The van der Waals surface area contributed by atoms with Crippen molar-refractivity contribution in [3.8, 4) is 0 Å². The van der Waals surface area contributed by atoms with Crippen LogP contribution in [0.1, 0.15) is 129 Å². The number of aliphatic imine (C=N–C) groups is 5. The number of amides is 11. The first-order valence-corrected chi connectivity index (χ1v) is 32.8. The van der Waals surface area contributed by atoms with Crippen molar-refractivity contribution in [3.63, 3.8) is 0 Å². The molecule has 1 saturated heterocycles. The van der Waals surface area contributed by atoms with Crippen LogP contribution in [0.15, 0.2) is 25.0 Å². The van der Waals surface area contributed by atoms with Crippen molar-refractivity contribution >= 4 is 101 Å². The Kier molecular flexibility index (Phi) is 42.6. The minimum Gasteiger partial charge on any atom is -0.480 e. The summed E-state index contributed by atoms with van der Waals surface area (Å²) >= 11 is 0. The van der Waals surface area contributed by atoms with Crippen molar-refractivity contribution in [2.75, 3.05) is 58.9 Å². The minimum atomic E-state index is -1.85. The van der Waals surface area contributed by atoms with E-state index in [0.29, 0.717) is 19.3 Å². The molecule has 1 fully saturated rings. The lowest BCUT2D eigenvalue weighted by Crippen LogP contribution is -2.61. The highest BCUT2D eigenvalue weighted by atomic mass is 16.4. The zero-order valence-electron chi connectivity index (χ0n) is 56.7. The van der Waals surface area contributed by atoms with Gasteiger partial charge >= 0.3 is 5.97 Å². The highest BCUT2D eigenvalue weighted by molar-refractivity contribution is 6.00. The van der Waals surface area contributed by atoms with Gasteiger partial charge in [0.2, 0.25) is 65.0 Å². The van der Waals surface area contributed by atoms with E-state index in [9.17, 15) is 67.7 Å². The number of carboxylic acid groups (broad SMARTS) is 1. The number of aliphatic hydroxyl groups is 1. The summed E-state index contributed by atoms with van der Waals surface area (Å²) in [5.41, 5.74) is 78.4. The molecule has 0 bridgehead atoms. The van der Waals surface area contributed by atoms with Crippen LogP contribution in [0.2, 0.25) is 0 Å². The summed E-state index contributed by atoms with van der Waals surface area (Å²) in [7, 11) is 0. The van der Waals surface area contributed by atoms with E-state index in [-0.39, 0.29) is 178 Å². The summed E-state index contributed by atoms with van der Waals surface area (Å²) in [6.07, 6.45) is -1.21. The van der Waals surface area contributed by atoms with Crippen molar-refractivity contribution in [2.45, 2.75) is 195 Å². The van der Waals surface area contributed by atoms with Crippen LogP contribution in [-0.2, 0) is 57.5 Å². The smallest absolute Gasteiger partial charge is 0.322 e. The van der Waals surface area contributed by atoms with E-state index in [0.717, 1.165) is 0 Å². The third-order valence-corrected chi connectivity index (χ3v) is 15.1. The lowest BCUT2D eigenvalue weighted by Gasteiger charge is -2.29. The van der Waals surface area contributed by atoms with Gasteiger partial charge < -0.3 is 143 Å². The number of carbonyl (C=O) groups excluding carboxylic acids is 11. The lowest BCUT2D eigenvalue weighted by molar-refractivity contribution is -0.142. The second kappa shape index (κ2) is 48.5. The quantitative estimate of drug-likeness (QED) is 0.0153. The number of unbranched alkanes of at least 4 members (excludes halogenated alkanes) is 2. The van der Waals surface area contributed by atoms with Crippen LogP contribution in [0.5, 0.6) is 0 Å².